The lowest BCUT2D eigenvalue weighted by Crippen LogP contribution is -2.25. The second kappa shape index (κ2) is 9.50. The minimum absolute atomic E-state index is 0.119. The lowest BCUT2D eigenvalue weighted by atomic mass is 10.0. The number of non-ortho nitro benzene ring substituents is 1. The third kappa shape index (κ3) is 4.47. The third-order valence-electron chi connectivity index (χ3n) is 5.48. The molecule has 8 heteroatoms. The standard InChI is InChI=1S/C26H22N4O4/c1-3-18-9-13-21(14-10-18)29-25(27-26(32)20-11-15-22(16-12-20)30(33)34)23(24(31)17(2)28-29)19-7-5-4-6-8-19/h4-16H,3H2,1-2H3,(H,27,32). The van der Waals surface area contributed by atoms with Gasteiger partial charge < -0.3 is 5.32 Å². The number of hydrogen-bond donors (Lipinski definition) is 1. The van der Waals surface area contributed by atoms with E-state index in [1.165, 1.54) is 24.3 Å². The average molecular weight is 454 g/mol. The van der Waals surface area contributed by atoms with Crippen molar-refractivity contribution in [2.75, 3.05) is 5.32 Å². The first-order chi connectivity index (χ1) is 16.4. The maximum atomic E-state index is 13.2. The van der Waals surface area contributed by atoms with Crippen LogP contribution in [-0.2, 0) is 6.42 Å². The van der Waals surface area contributed by atoms with E-state index >= 15 is 0 Å². The Morgan fingerprint density at radius 1 is 1.00 bits per heavy atom. The number of nitrogens with zero attached hydrogens (tertiary/aromatic N) is 3. The molecule has 1 N–H and O–H groups in total. The molecular formula is C26H22N4O4. The van der Waals surface area contributed by atoms with Gasteiger partial charge in [-0.15, -0.1) is 0 Å². The molecule has 8 nitrogen and oxygen atoms in total. The van der Waals surface area contributed by atoms with Gasteiger partial charge in [0.2, 0.25) is 5.43 Å². The van der Waals surface area contributed by atoms with E-state index in [9.17, 15) is 19.7 Å². The van der Waals surface area contributed by atoms with Gasteiger partial charge in [-0.2, -0.15) is 5.10 Å². The Balaban J connectivity index is 1.88. The van der Waals surface area contributed by atoms with Crippen LogP contribution >= 0.6 is 0 Å². The number of nitro groups is 1. The first-order valence-corrected chi connectivity index (χ1v) is 10.7. The number of carbonyl (C=O) groups is 1. The first kappa shape index (κ1) is 22.6. The summed E-state index contributed by atoms with van der Waals surface area (Å²) in [4.78, 5) is 36.8. The molecule has 3 aromatic carbocycles. The molecule has 0 fully saturated rings. The Kier molecular flexibility index (Phi) is 6.31. The molecule has 1 amide bonds. The fourth-order valence-electron chi connectivity index (χ4n) is 3.60. The van der Waals surface area contributed by atoms with Gasteiger partial charge in [-0.05, 0) is 48.7 Å². The second-order valence-corrected chi connectivity index (χ2v) is 7.69. The molecule has 4 rings (SSSR count). The van der Waals surface area contributed by atoms with Crippen molar-refractivity contribution >= 4 is 17.4 Å². The van der Waals surface area contributed by atoms with Gasteiger partial charge in [0, 0.05) is 17.7 Å². The minimum atomic E-state index is -0.531. The largest absolute Gasteiger partial charge is 0.306 e. The molecule has 0 radical (unpaired) electrons. The van der Waals surface area contributed by atoms with Gasteiger partial charge in [0.15, 0.2) is 0 Å². The number of hydrogen-bond acceptors (Lipinski definition) is 5. The van der Waals surface area contributed by atoms with Crippen LogP contribution in [0.2, 0.25) is 0 Å². The number of carbonyl (C=O) groups excluding carboxylic acids is 1. The summed E-state index contributed by atoms with van der Waals surface area (Å²) in [5.74, 6) is -0.300. The summed E-state index contributed by atoms with van der Waals surface area (Å²) in [7, 11) is 0. The Bertz CT molecular complexity index is 1410. The van der Waals surface area contributed by atoms with Crippen LogP contribution in [0.5, 0.6) is 0 Å². The highest BCUT2D eigenvalue weighted by atomic mass is 16.6. The van der Waals surface area contributed by atoms with Gasteiger partial charge in [0.1, 0.15) is 11.5 Å². The molecule has 0 unspecified atom stereocenters. The number of nitro benzene ring substituents is 1. The maximum Gasteiger partial charge on any atom is 0.269 e. The summed E-state index contributed by atoms with van der Waals surface area (Å²) in [5, 5.41) is 18.2. The molecule has 170 valence electrons. The van der Waals surface area contributed by atoms with Crippen LogP contribution in [0.15, 0.2) is 83.7 Å². The number of amides is 1. The fourth-order valence-corrected chi connectivity index (χ4v) is 3.60. The van der Waals surface area contributed by atoms with Crippen LogP contribution in [0.1, 0.15) is 28.5 Å². The normalized spacial score (nSPS) is 10.6. The summed E-state index contributed by atoms with van der Waals surface area (Å²) in [6.45, 7) is 3.69. The number of benzene rings is 3. The molecule has 0 saturated heterocycles. The van der Waals surface area contributed by atoms with Crippen molar-refractivity contribution in [2.45, 2.75) is 20.3 Å². The molecule has 1 heterocycles. The number of aryl methyl sites for hydroxylation is 2. The van der Waals surface area contributed by atoms with E-state index in [0.29, 0.717) is 16.8 Å². The highest BCUT2D eigenvalue weighted by molar-refractivity contribution is 6.05. The Morgan fingerprint density at radius 2 is 1.65 bits per heavy atom. The van der Waals surface area contributed by atoms with Gasteiger partial charge in [0.05, 0.1) is 16.2 Å². The Hall–Kier alpha value is -4.59. The Morgan fingerprint density at radius 3 is 2.24 bits per heavy atom. The van der Waals surface area contributed by atoms with Crippen molar-refractivity contribution in [3.63, 3.8) is 0 Å². The fraction of sp³-hybridized carbons (Fsp3) is 0.115. The van der Waals surface area contributed by atoms with Crippen molar-refractivity contribution in [1.82, 2.24) is 9.78 Å². The topological polar surface area (TPSA) is 107 Å². The van der Waals surface area contributed by atoms with Gasteiger partial charge in [-0.25, -0.2) is 4.68 Å². The summed E-state index contributed by atoms with van der Waals surface area (Å²) in [6.07, 6.45) is 0.871. The van der Waals surface area contributed by atoms with Crippen LogP contribution in [0.3, 0.4) is 0 Å². The van der Waals surface area contributed by atoms with Gasteiger partial charge in [0.25, 0.3) is 11.6 Å². The number of nitrogens with one attached hydrogen (secondary N) is 1. The van der Waals surface area contributed by atoms with E-state index in [-0.39, 0.29) is 28.2 Å². The maximum absolute atomic E-state index is 13.2. The van der Waals surface area contributed by atoms with E-state index in [0.717, 1.165) is 12.0 Å². The highest BCUT2D eigenvalue weighted by Gasteiger charge is 2.21. The van der Waals surface area contributed by atoms with Crippen molar-refractivity contribution < 1.29 is 9.72 Å². The van der Waals surface area contributed by atoms with Gasteiger partial charge >= 0.3 is 0 Å². The zero-order valence-electron chi connectivity index (χ0n) is 18.7. The van der Waals surface area contributed by atoms with Gasteiger partial charge in [-0.1, -0.05) is 49.4 Å². The second-order valence-electron chi connectivity index (χ2n) is 7.69. The van der Waals surface area contributed by atoms with E-state index in [1.807, 2.05) is 42.5 Å². The van der Waals surface area contributed by atoms with Crippen molar-refractivity contribution in [3.8, 4) is 16.8 Å². The first-order valence-electron chi connectivity index (χ1n) is 10.7. The molecule has 0 aliphatic rings. The molecule has 0 spiro atoms. The number of aromatic nitrogens is 2. The quantitative estimate of drug-likeness (QED) is 0.328. The predicted molar refractivity (Wildman–Crippen MR) is 130 cm³/mol. The van der Waals surface area contributed by atoms with Crippen molar-refractivity contribution in [3.05, 3.63) is 116 Å². The lowest BCUT2D eigenvalue weighted by Gasteiger charge is -2.18. The van der Waals surface area contributed by atoms with E-state index < -0.39 is 10.8 Å². The molecule has 1 aromatic heterocycles. The molecule has 34 heavy (non-hydrogen) atoms. The van der Waals surface area contributed by atoms with Crippen LogP contribution in [-0.4, -0.2) is 20.6 Å². The van der Waals surface area contributed by atoms with Crippen LogP contribution < -0.4 is 10.7 Å². The smallest absolute Gasteiger partial charge is 0.269 e. The molecular weight excluding hydrogens is 432 g/mol. The van der Waals surface area contributed by atoms with Gasteiger partial charge in [-0.3, -0.25) is 19.7 Å². The van der Waals surface area contributed by atoms with Crippen molar-refractivity contribution in [1.29, 1.82) is 0 Å². The summed E-state index contributed by atoms with van der Waals surface area (Å²) < 4.78 is 1.54. The SMILES string of the molecule is CCc1ccc(-n2nc(C)c(=O)c(-c3ccccc3)c2NC(=O)c2ccc([N+](=O)[O-])cc2)cc1. The number of rotatable bonds is 6. The lowest BCUT2D eigenvalue weighted by molar-refractivity contribution is -0.384. The number of anilines is 1. The molecule has 0 aliphatic carbocycles. The highest BCUT2D eigenvalue weighted by Crippen LogP contribution is 2.28. The zero-order valence-corrected chi connectivity index (χ0v) is 18.7. The third-order valence-corrected chi connectivity index (χ3v) is 5.48. The molecule has 0 bridgehead atoms. The van der Waals surface area contributed by atoms with Crippen LogP contribution in [0.25, 0.3) is 16.8 Å². The zero-order chi connectivity index (χ0) is 24.2. The average Bonchev–Trinajstić information content (AvgIpc) is 2.87. The molecule has 0 aliphatic heterocycles. The summed E-state index contributed by atoms with van der Waals surface area (Å²) in [5.41, 5.74) is 2.84. The minimum Gasteiger partial charge on any atom is -0.306 e. The van der Waals surface area contributed by atoms with E-state index in [2.05, 4.69) is 17.3 Å². The van der Waals surface area contributed by atoms with Crippen LogP contribution in [0, 0.1) is 17.0 Å². The van der Waals surface area contributed by atoms with E-state index in [1.54, 1.807) is 23.7 Å². The summed E-state index contributed by atoms with van der Waals surface area (Å²) in [6, 6.07) is 22.0. The molecule has 0 atom stereocenters. The molecule has 0 saturated carbocycles. The summed E-state index contributed by atoms with van der Waals surface area (Å²) >= 11 is 0. The molecule has 4 aromatic rings. The Labute approximate surface area is 195 Å². The predicted octanol–water partition coefficient (Wildman–Crippen LogP) is 4.93. The monoisotopic (exact) mass is 454 g/mol. The van der Waals surface area contributed by atoms with Crippen LogP contribution in [0.4, 0.5) is 11.5 Å². The van der Waals surface area contributed by atoms with Crippen molar-refractivity contribution in [2.24, 2.45) is 0 Å². The van der Waals surface area contributed by atoms with E-state index in [4.69, 9.17) is 0 Å².